The third kappa shape index (κ3) is 5.42. The summed E-state index contributed by atoms with van der Waals surface area (Å²) >= 11 is 6.23. The van der Waals surface area contributed by atoms with Gasteiger partial charge in [0.05, 0.1) is 12.8 Å². The van der Waals surface area contributed by atoms with E-state index < -0.39 is 21.7 Å². The lowest BCUT2D eigenvalue weighted by atomic mass is 10.0. The number of aromatic nitrogens is 2. The van der Waals surface area contributed by atoms with Gasteiger partial charge in [-0.3, -0.25) is 14.4 Å². The van der Waals surface area contributed by atoms with Crippen LogP contribution in [0.3, 0.4) is 0 Å². The normalized spacial score (nSPS) is 11.3. The maximum Gasteiger partial charge on any atom is 0.264 e. The van der Waals surface area contributed by atoms with Gasteiger partial charge in [0.25, 0.3) is 10.0 Å². The van der Waals surface area contributed by atoms with Gasteiger partial charge in [0.1, 0.15) is 28.5 Å². The van der Waals surface area contributed by atoms with Crippen molar-refractivity contribution in [2.75, 3.05) is 16.7 Å². The summed E-state index contributed by atoms with van der Waals surface area (Å²) in [5.74, 6) is -0.729. The van der Waals surface area contributed by atoms with Crippen molar-refractivity contribution >= 4 is 44.9 Å². The summed E-state index contributed by atoms with van der Waals surface area (Å²) in [5, 5.41) is 4.00. The van der Waals surface area contributed by atoms with Crippen LogP contribution in [0.5, 0.6) is 5.75 Å². The number of hydrogen-bond donors (Lipinski definition) is 1. The third-order valence-corrected chi connectivity index (χ3v) is 7.23. The Hall–Kier alpha value is -3.96. The molecule has 2 aromatic carbocycles. The molecular weight excluding hydrogens is 523 g/mol. The largest absolute Gasteiger partial charge is 0.495 e. The molecule has 0 bridgehead atoms. The lowest BCUT2D eigenvalue weighted by Gasteiger charge is -2.24. The number of carbonyl (C=O) groups excluding carboxylic acids is 1. The van der Waals surface area contributed by atoms with Crippen molar-refractivity contribution in [3.8, 4) is 16.9 Å². The number of methoxy groups -OCH3 is 1. The second-order valence-corrected chi connectivity index (χ2v) is 9.98. The predicted molar refractivity (Wildman–Crippen MR) is 137 cm³/mol. The number of carbonyl (C=O) groups is 1. The van der Waals surface area contributed by atoms with Crippen molar-refractivity contribution in [1.82, 2.24) is 10.1 Å². The van der Waals surface area contributed by atoms with Crippen LogP contribution in [0.4, 0.5) is 21.7 Å². The summed E-state index contributed by atoms with van der Waals surface area (Å²) in [7, 11) is -2.61. The average Bonchev–Trinajstić information content (AvgIpc) is 3.38. The number of hydrogen-bond acceptors (Lipinski definition) is 7. The number of pyridine rings is 1. The molecule has 4 rings (SSSR count). The number of nitrogens with one attached hydrogen (secondary N) is 1. The van der Waals surface area contributed by atoms with E-state index in [-0.39, 0.29) is 40.0 Å². The lowest BCUT2D eigenvalue weighted by molar-refractivity contribution is -0.117. The molecule has 1 amide bonds. The van der Waals surface area contributed by atoms with Crippen molar-refractivity contribution in [3.05, 3.63) is 77.4 Å². The van der Waals surface area contributed by atoms with Gasteiger partial charge in [0.15, 0.2) is 5.82 Å². The monoisotopic (exact) mass is 544 g/mol. The van der Waals surface area contributed by atoms with Gasteiger partial charge in [0.2, 0.25) is 5.91 Å². The number of ether oxygens (including phenoxy) is 1. The highest BCUT2D eigenvalue weighted by Crippen LogP contribution is 2.39. The van der Waals surface area contributed by atoms with Gasteiger partial charge in [-0.25, -0.2) is 17.8 Å². The summed E-state index contributed by atoms with van der Waals surface area (Å²) in [6.45, 7) is 3.48. The van der Waals surface area contributed by atoms with E-state index in [1.54, 1.807) is 25.1 Å². The van der Waals surface area contributed by atoms with Gasteiger partial charge in [-0.05, 0) is 42.3 Å². The molecule has 4 aromatic rings. The molecule has 0 radical (unpaired) electrons. The van der Waals surface area contributed by atoms with E-state index in [1.165, 1.54) is 48.6 Å². The van der Waals surface area contributed by atoms with E-state index in [0.717, 1.165) is 11.8 Å². The summed E-state index contributed by atoms with van der Waals surface area (Å²) in [4.78, 5) is 18.1. The standard InChI is InChI=1S/C25H22ClFN4O5S/c1-4-25(32)31(24-8-7-17(14-28-24)37(33,34)30-23-9-10-36-29-23)21-13-20(27)18(12-22(21)35-3)16-6-5-15(2)19(26)11-16/h5-14H,4H2,1-3H3,(H,29,30). The van der Waals surface area contributed by atoms with Crippen LogP contribution in [0.15, 0.2) is 70.4 Å². The highest BCUT2D eigenvalue weighted by molar-refractivity contribution is 7.92. The number of halogens is 2. The van der Waals surface area contributed by atoms with Crippen LogP contribution in [0.25, 0.3) is 11.1 Å². The topological polar surface area (TPSA) is 115 Å². The van der Waals surface area contributed by atoms with E-state index in [0.29, 0.717) is 10.6 Å². The van der Waals surface area contributed by atoms with Crippen molar-refractivity contribution in [3.63, 3.8) is 0 Å². The minimum Gasteiger partial charge on any atom is -0.495 e. The van der Waals surface area contributed by atoms with E-state index in [2.05, 4.69) is 19.4 Å². The zero-order valence-corrected chi connectivity index (χ0v) is 21.6. The summed E-state index contributed by atoms with van der Waals surface area (Å²) < 4.78 is 53.0. The summed E-state index contributed by atoms with van der Waals surface area (Å²) in [5.41, 5.74) is 1.73. The van der Waals surface area contributed by atoms with Gasteiger partial charge in [-0.15, -0.1) is 0 Å². The Morgan fingerprint density at radius 1 is 1.19 bits per heavy atom. The zero-order valence-electron chi connectivity index (χ0n) is 20.0. The molecule has 0 fully saturated rings. The minimum absolute atomic E-state index is 0.00188. The molecule has 2 heterocycles. The van der Waals surface area contributed by atoms with Crippen molar-refractivity contribution in [2.24, 2.45) is 0 Å². The van der Waals surface area contributed by atoms with Gasteiger partial charge < -0.3 is 9.26 Å². The maximum absolute atomic E-state index is 15.4. The number of aryl methyl sites for hydroxylation is 1. The Morgan fingerprint density at radius 2 is 1.97 bits per heavy atom. The highest BCUT2D eigenvalue weighted by Gasteiger charge is 2.25. The van der Waals surface area contributed by atoms with Crippen LogP contribution in [0, 0.1) is 12.7 Å². The van der Waals surface area contributed by atoms with Crippen LogP contribution in [-0.4, -0.2) is 31.6 Å². The van der Waals surface area contributed by atoms with Gasteiger partial charge >= 0.3 is 0 Å². The first-order valence-corrected chi connectivity index (χ1v) is 12.9. The van der Waals surface area contributed by atoms with Crippen LogP contribution < -0.4 is 14.4 Å². The molecule has 0 atom stereocenters. The molecule has 0 saturated heterocycles. The number of benzene rings is 2. The smallest absolute Gasteiger partial charge is 0.264 e. The molecule has 2 aromatic heterocycles. The van der Waals surface area contributed by atoms with E-state index in [1.807, 2.05) is 6.92 Å². The first-order chi connectivity index (χ1) is 17.6. The molecule has 0 unspecified atom stereocenters. The molecule has 1 N–H and O–H groups in total. The number of anilines is 3. The molecule has 37 heavy (non-hydrogen) atoms. The zero-order chi connectivity index (χ0) is 26.7. The molecule has 0 spiro atoms. The quantitative estimate of drug-likeness (QED) is 0.301. The maximum atomic E-state index is 15.4. The van der Waals surface area contributed by atoms with E-state index in [9.17, 15) is 13.2 Å². The summed E-state index contributed by atoms with van der Waals surface area (Å²) in [6, 6.07) is 11.8. The Labute approximate surface area is 217 Å². The van der Waals surface area contributed by atoms with Gasteiger partial charge in [0, 0.05) is 35.3 Å². The SMILES string of the molecule is CCC(=O)N(c1ccc(S(=O)(=O)Nc2ccon2)cn1)c1cc(F)c(-c2ccc(C)c(Cl)c2)cc1OC. The predicted octanol–water partition coefficient (Wildman–Crippen LogP) is 5.72. The Bertz CT molecular complexity index is 1540. The first-order valence-electron chi connectivity index (χ1n) is 11.0. The molecule has 12 heteroatoms. The first kappa shape index (κ1) is 26.1. The van der Waals surface area contributed by atoms with E-state index >= 15 is 4.39 Å². The fourth-order valence-corrected chi connectivity index (χ4v) is 4.65. The van der Waals surface area contributed by atoms with Crippen molar-refractivity contribution in [1.29, 1.82) is 0 Å². The lowest BCUT2D eigenvalue weighted by Crippen LogP contribution is -2.26. The van der Waals surface area contributed by atoms with E-state index in [4.69, 9.17) is 16.3 Å². The highest BCUT2D eigenvalue weighted by atomic mass is 35.5. The van der Waals surface area contributed by atoms with Crippen molar-refractivity contribution in [2.45, 2.75) is 25.2 Å². The number of sulfonamides is 1. The third-order valence-electron chi connectivity index (χ3n) is 5.48. The summed E-state index contributed by atoms with van der Waals surface area (Å²) in [6.07, 6.45) is 2.37. The number of nitrogens with zero attached hydrogens (tertiary/aromatic N) is 3. The molecule has 0 saturated carbocycles. The second-order valence-electron chi connectivity index (χ2n) is 7.89. The van der Waals surface area contributed by atoms with Crippen LogP contribution in [0.2, 0.25) is 5.02 Å². The minimum atomic E-state index is -4.01. The second kappa shape index (κ2) is 10.6. The van der Waals surface area contributed by atoms with Crippen LogP contribution >= 0.6 is 11.6 Å². The van der Waals surface area contributed by atoms with Gasteiger partial charge in [-0.1, -0.05) is 35.8 Å². The van der Waals surface area contributed by atoms with Gasteiger partial charge in [-0.2, -0.15) is 0 Å². The number of rotatable bonds is 8. The van der Waals surface area contributed by atoms with Crippen molar-refractivity contribution < 1.29 is 26.9 Å². The molecule has 0 aliphatic rings. The molecule has 0 aliphatic carbocycles. The fraction of sp³-hybridized carbons (Fsp3) is 0.160. The molecular formula is C25H22ClFN4O5S. The Balaban J connectivity index is 1.75. The van der Waals surface area contributed by atoms with Crippen LogP contribution in [-0.2, 0) is 14.8 Å². The molecule has 0 aliphatic heterocycles. The molecule has 192 valence electrons. The average molecular weight is 545 g/mol. The van der Waals surface area contributed by atoms with Crippen LogP contribution in [0.1, 0.15) is 18.9 Å². The number of amides is 1. The molecule has 9 nitrogen and oxygen atoms in total. The Morgan fingerprint density at radius 3 is 2.57 bits per heavy atom. The fourth-order valence-electron chi connectivity index (χ4n) is 3.53. The Kier molecular flexibility index (Phi) is 7.46.